The fraction of sp³-hybridized carbons (Fsp3) is 0.143. The second-order valence-electron chi connectivity index (χ2n) is 1.80. The number of hydrogen-bond donors (Lipinski definition) is 1. The van der Waals surface area contributed by atoms with Crippen molar-refractivity contribution in [2.24, 2.45) is 0 Å². The van der Waals surface area contributed by atoms with Crippen molar-refractivity contribution >= 4 is 12.7 Å². The summed E-state index contributed by atoms with van der Waals surface area (Å²) in [6.07, 6.45) is 0. The van der Waals surface area contributed by atoms with Crippen LogP contribution in [0, 0.1) is 0 Å². The predicted molar refractivity (Wildman–Crippen MR) is 38.9 cm³/mol. The number of aliphatic hydroxyl groups excluding tert-OH is 1. The molecule has 9 heavy (non-hydrogen) atoms. The maximum atomic E-state index is 8.46. The van der Waals surface area contributed by atoms with Crippen LogP contribution < -0.4 is 5.46 Å². The van der Waals surface area contributed by atoms with Gasteiger partial charge in [-0.15, -0.1) is 0 Å². The molecule has 0 spiro atoms. The smallest absolute Gasteiger partial charge is 0.185 e. The van der Waals surface area contributed by atoms with Crippen molar-refractivity contribution in [3.8, 4) is 0 Å². The molecule has 0 bridgehead atoms. The van der Waals surface area contributed by atoms with E-state index >= 15 is 0 Å². The normalized spacial score (nSPS) is 9.00. The van der Waals surface area contributed by atoms with Crippen molar-refractivity contribution in [3.05, 3.63) is 30.3 Å². The van der Waals surface area contributed by atoms with Crippen LogP contribution in [0.1, 0.15) is 0 Å². The van der Waals surface area contributed by atoms with Gasteiger partial charge >= 0.3 is 0 Å². The quantitative estimate of drug-likeness (QED) is 0.541. The number of rotatable bonds is 2. The van der Waals surface area contributed by atoms with E-state index in [0.717, 1.165) is 5.46 Å². The van der Waals surface area contributed by atoms with Gasteiger partial charge in [0.1, 0.15) is 0 Å². The van der Waals surface area contributed by atoms with Gasteiger partial charge in [-0.1, -0.05) is 35.8 Å². The molecular formula is C7H8BO. The highest BCUT2D eigenvalue weighted by Gasteiger charge is 1.88. The summed E-state index contributed by atoms with van der Waals surface area (Å²) >= 11 is 0. The fourth-order valence-electron chi connectivity index (χ4n) is 0.695. The van der Waals surface area contributed by atoms with Crippen molar-refractivity contribution in [2.75, 3.05) is 6.51 Å². The van der Waals surface area contributed by atoms with Crippen LogP contribution in [-0.4, -0.2) is 18.9 Å². The summed E-state index contributed by atoms with van der Waals surface area (Å²) in [5.74, 6) is 0. The number of aliphatic hydroxyl groups is 1. The van der Waals surface area contributed by atoms with Crippen molar-refractivity contribution in [3.63, 3.8) is 0 Å². The Hall–Kier alpha value is -0.755. The molecule has 0 aliphatic heterocycles. The Morgan fingerprint density at radius 3 is 2.44 bits per heavy atom. The van der Waals surface area contributed by atoms with Gasteiger partial charge in [-0.25, -0.2) is 0 Å². The second kappa shape index (κ2) is 3.31. The zero-order chi connectivity index (χ0) is 6.53. The van der Waals surface area contributed by atoms with E-state index in [-0.39, 0.29) is 6.51 Å². The Labute approximate surface area is 55.6 Å². The molecule has 1 aromatic rings. The van der Waals surface area contributed by atoms with Gasteiger partial charge in [-0.05, 0) is 0 Å². The van der Waals surface area contributed by atoms with E-state index in [4.69, 9.17) is 5.11 Å². The van der Waals surface area contributed by atoms with E-state index in [0.29, 0.717) is 0 Å². The summed E-state index contributed by atoms with van der Waals surface area (Å²) in [5, 5.41) is 8.46. The Morgan fingerprint density at radius 2 is 1.89 bits per heavy atom. The molecule has 45 valence electrons. The van der Waals surface area contributed by atoms with Gasteiger partial charge in [0, 0.05) is 6.51 Å². The second-order valence-corrected chi connectivity index (χ2v) is 1.80. The Morgan fingerprint density at radius 1 is 1.22 bits per heavy atom. The molecule has 2 heteroatoms. The van der Waals surface area contributed by atoms with Crippen LogP contribution in [0.25, 0.3) is 0 Å². The Balaban J connectivity index is 2.61. The zero-order valence-corrected chi connectivity index (χ0v) is 5.12. The predicted octanol–water partition coefficient (Wildman–Crippen LogP) is -0.0341. The average molecular weight is 119 g/mol. The molecule has 0 saturated heterocycles. The fourth-order valence-corrected chi connectivity index (χ4v) is 0.695. The number of hydrogen-bond acceptors (Lipinski definition) is 1. The van der Waals surface area contributed by atoms with E-state index < -0.39 is 0 Å². The molecule has 0 amide bonds. The molecule has 1 radical (unpaired) electrons. The lowest BCUT2D eigenvalue weighted by Crippen LogP contribution is -2.16. The molecule has 1 rings (SSSR count). The molecule has 0 aromatic heterocycles. The summed E-state index contributed by atoms with van der Waals surface area (Å²) in [7, 11) is 1.76. The first kappa shape index (κ1) is 6.37. The van der Waals surface area contributed by atoms with Crippen LogP contribution in [0.3, 0.4) is 0 Å². The van der Waals surface area contributed by atoms with Gasteiger partial charge in [0.05, 0.1) is 0 Å². The summed E-state index contributed by atoms with van der Waals surface area (Å²) in [6.45, 7) is 0.115. The minimum absolute atomic E-state index is 0.115. The Kier molecular flexibility index (Phi) is 2.34. The molecule has 0 heterocycles. The molecule has 0 unspecified atom stereocenters. The van der Waals surface area contributed by atoms with Crippen LogP contribution in [0.5, 0.6) is 0 Å². The Bertz CT molecular complexity index is 162. The van der Waals surface area contributed by atoms with Gasteiger partial charge < -0.3 is 5.11 Å². The molecule has 0 aliphatic rings. The molecule has 1 nitrogen and oxygen atoms in total. The lowest BCUT2D eigenvalue weighted by molar-refractivity contribution is 0.367. The third kappa shape index (κ3) is 1.90. The molecule has 1 aromatic carbocycles. The highest BCUT2D eigenvalue weighted by atomic mass is 16.2. The first-order chi connectivity index (χ1) is 4.43. The maximum absolute atomic E-state index is 8.46. The van der Waals surface area contributed by atoms with Crippen LogP contribution >= 0.6 is 0 Å². The van der Waals surface area contributed by atoms with Gasteiger partial charge in [0.2, 0.25) is 0 Å². The lowest BCUT2D eigenvalue weighted by atomic mass is 9.72. The largest absolute Gasteiger partial charge is 0.405 e. The van der Waals surface area contributed by atoms with Crippen LogP contribution in [-0.2, 0) is 0 Å². The van der Waals surface area contributed by atoms with Crippen LogP contribution in [0.15, 0.2) is 30.3 Å². The first-order valence-corrected chi connectivity index (χ1v) is 2.92. The van der Waals surface area contributed by atoms with E-state index in [2.05, 4.69) is 0 Å². The van der Waals surface area contributed by atoms with E-state index in [1.165, 1.54) is 0 Å². The number of benzene rings is 1. The highest BCUT2D eigenvalue weighted by molar-refractivity contribution is 6.53. The SMILES string of the molecule is OC[B]c1ccccc1. The topological polar surface area (TPSA) is 20.2 Å². The van der Waals surface area contributed by atoms with Gasteiger partial charge in [-0.3, -0.25) is 0 Å². The third-order valence-electron chi connectivity index (χ3n) is 1.13. The molecule has 0 fully saturated rings. The zero-order valence-electron chi connectivity index (χ0n) is 5.12. The molecule has 0 saturated carbocycles. The standard InChI is InChI=1S/C7H8BO/c9-6-8-7-4-2-1-3-5-7/h1-5,9H,6H2. The minimum Gasteiger partial charge on any atom is -0.405 e. The summed E-state index contributed by atoms with van der Waals surface area (Å²) in [4.78, 5) is 0. The van der Waals surface area contributed by atoms with Crippen molar-refractivity contribution in [1.29, 1.82) is 0 Å². The molecular weight excluding hydrogens is 111 g/mol. The molecule has 1 N–H and O–H groups in total. The van der Waals surface area contributed by atoms with Gasteiger partial charge in [-0.2, -0.15) is 0 Å². The van der Waals surface area contributed by atoms with Crippen LogP contribution in [0.2, 0.25) is 0 Å². The lowest BCUT2D eigenvalue weighted by Gasteiger charge is -1.91. The minimum atomic E-state index is 0.115. The van der Waals surface area contributed by atoms with Gasteiger partial charge in [0.25, 0.3) is 0 Å². The van der Waals surface area contributed by atoms with Crippen LogP contribution in [0.4, 0.5) is 0 Å². The summed E-state index contributed by atoms with van der Waals surface area (Å²) in [6, 6.07) is 9.75. The summed E-state index contributed by atoms with van der Waals surface area (Å²) in [5.41, 5.74) is 1.07. The van der Waals surface area contributed by atoms with E-state index in [1.807, 2.05) is 30.3 Å². The average Bonchev–Trinajstić information content (AvgIpc) is 1.91. The third-order valence-corrected chi connectivity index (χ3v) is 1.13. The maximum Gasteiger partial charge on any atom is 0.185 e. The van der Waals surface area contributed by atoms with Gasteiger partial charge in [0.15, 0.2) is 7.28 Å². The van der Waals surface area contributed by atoms with Crippen molar-refractivity contribution in [1.82, 2.24) is 0 Å². The summed E-state index contributed by atoms with van der Waals surface area (Å²) < 4.78 is 0. The van der Waals surface area contributed by atoms with Crippen molar-refractivity contribution < 1.29 is 5.11 Å². The highest BCUT2D eigenvalue weighted by Crippen LogP contribution is 1.79. The molecule has 0 aliphatic carbocycles. The van der Waals surface area contributed by atoms with E-state index in [9.17, 15) is 0 Å². The molecule has 0 atom stereocenters. The monoisotopic (exact) mass is 119 g/mol. The van der Waals surface area contributed by atoms with Crippen molar-refractivity contribution in [2.45, 2.75) is 0 Å². The first-order valence-electron chi connectivity index (χ1n) is 2.92. The van der Waals surface area contributed by atoms with E-state index in [1.54, 1.807) is 7.28 Å².